The maximum absolute atomic E-state index is 12.7. The van der Waals surface area contributed by atoms with Crippen LogP contribution in [0, 0.1) is 6.92 Å². The second kappa shape index (κ2) is 4.52. The first-order chi connectivity index (χ1) is 9.48. The molecule has 104 valence electrons. The van der Waals surface area contributed by atoms with E-state index in [9.17, 15) is 8.42 Å². The van der Waals surface area contributed by atoms with Gasteiger partial charge in [0.15, 0.2) is 0 Å². The molecule has 0 saturated heterocycles. The lowest BCUT2D eigenvalue weighted by Crippen LogP contribution is -2.29. The summed E-state index contributed by atoms with van der Waals surface area (Å²) in [5.41, 5.74) is 9.07. The van der Waals surface area contributed by atoms with Gasteiger partial charge in [0.2, 0.25) is 0 Å². The molecule has 20 heavy (non-hydrogen) atoms. The van der Waals surface area contributed by atoms with Crippen LogP contribution in [0.5, 0.6) is 0 Å². The van der Waals surface area contributed by atoms with E-state index in [2.05, 4.69) is 0 Å². The average molecular weight is 288 g/mol. The topological polar surface area (TPSA) is 63.4 Å². The monoisotopic (exact) mass is 288 g/mol. The minimum Gasteiger partial charge on any atom is -0.399 e. The molecule has 0 amide bonds. The normalized spacial score (nSPS) is 14.3. The molecule has 0 unspecified atom stereocenters. The molecule has 0 fully saturated rings. The smallest absolute Gasteiger partial charge is 0.264 e. The van der Waals surface area contributed by atoms with Crippen LogP contribution in [0.1, 0.15) is 11.1 Å². The predicted octanol–water partition coefficient (Wildman–Crippen LogP) is 2.33. The first-order valence-corrected chi connectivity index (χ1v) is 7.90. The number of sulfonamides is 1. The molecule has 1 aliphatic rings. The summed E-state index contributed by atoms with van der Waals surface area (Å²) < 4.78 is 26.9. The van der Waals surface area contributed by atoms with E-state index in [-0.39, 0.29) is 0 Å². The fourth-order valence-electron chi connectivity index (χ4n) is 2.54. The maximum Gasteiger partial charge on any atom is 0.264 e. The number of benzene rings is 2. The standard InChI is InChI=1S/C15H16N2O2S/c1-11-3-2-4-14(9-11)20(18,19)17-8-7-12-10-13(16)5-6-15(12)17/h2-6,9-10H,7-8,16H2,1H3. The van der Waals surface area contributed by atoms with E-state index >= 15 is 0 Å². The summed E-state index contributed by atoms with van der Waals surface area (Å²) in [5, 5.41) is 0. The van der Waals surface area contributed by atoms with E-state index in [0.29, 0.717) is 23.5 Å². The first kappa shape index (κ1) is 13.0. The van der Waals surface area contributed by atoms with Crippen LogP contribution in [0.15, 0.2) is 47.4 Å². The molecule has 0 aromatic heterocycles. The predicted molar refractivity (Wildman–Crippen MR) is 80.3 cm³/mol. The number of aryl methyl sites for hydroxylation is 1. The zero-order valence-corrected chi connectivity index (χ0v) is 12.0. The molecule has 3 rings (SSSR count). The van der Waals surface area contributed by atoms with E-state index in [4.69, 9.17) is 5.73 Å². The van der Waals surface area contributed by atoms with Crippen molar-refractivity contribution in [1.82, 2.24) is 0 Å². The highest BCUT2D eigenvalue weighted by Crippen LogP contribution is 2.34. The van der Waals surface area contributed by atoms with Crippen LogP contribution in [0.4, 0.5) is 11.4 Å². The number of rotatable bonds is 2. The zero-order chi connectivity index (χ0) is 14.3. The van der Waals surface area contributed by atoms with Crippen molar-refractivity contribution in [3.05, 3.63) is 53.6 Å². The van der Waals surface area contributed by atoms with Gasteiger partial charge in [0.25, 0.3) is 10.0 Å². The van der Waals surface area contributed by atoms with Gasteiger partial charge < -0.3 is 5.73 Å². The number of hydrogen-bond donors (Lipinski definition) is 1. The van der Waals surface area contributed by atoms with Crippen molar-refractivity contribution < 1.29 is 8.42 Å². The van der Waals surface area contributed by atoms with Crippen molar-refractivity contribution >= 4 is 21.4 Å². The van der Waals surface area contributed by atoms with Crippen molar-refractivity contribution in [3.63, 3.8) is 0 Å². The average Bonchev–Trinajstić information content (AvgIpc) is 2.82. The number of nitrogens with two attached hydrogens (primary N) is 1. The lowest BCUT2D eigenvalue weighted by Gasteiger charge is -2.19. The molecule has 0 aliphatic carbocycles. The summed E-state index contributed by atoms with van der Waals surface area (Å²) >= 11 is 0. The Balaban J connectivity index is 2.07. The highest BCUT2D eigenvalue weighted by atomic mass is 32.2. The summed E-state index contributed by atoms with van der Waals surface area (Å²) in [6, 6.07) is 12.4. The molecule has 0 atom stereocenters. The van der Waals surface area contributed by atoms with Crippen LogP contribution in [0.3, 0.4) is 0 Å². The Kier molecular flexibility index (Phi) is 2.94. The largest absolute Gasteiger partial charge is 0.399 e. The Hall–Kier alpha value is -2.01. The minimum atomic E-state index is -3.49. The second-order valence-electron chi connectivity index (χ2n) is 5.03. The van der Waals surface area contributed by atoms with Gasteiger partial charge in [-0.2, -0.15) is 0 Å². The highest BCUT2D eigenvalue weighted by molar-refractivity contribution is 7.92. The molecule has 4 nitrogen and oxygen atoms in total. The highest BCUT2D eigenvalue weighted by Gasteiger charge is 2.30. The molecule has 1 heterocycles. The van der Waals surface area contributed by atoms with Gasteiger partial charge in [-0.15, -0.1) is 0 Å². The van der Waals surface area contributed by atoms with Crippen molar-refractivity contribution in [2.24, 2.45) is 0 Å². The number of fused-ring (bicyclic) bond motifs is 1. The molecule has 1 aliphatic heterocycles. The van der Waals surface area contributed by atoms with Crippen molar-refractivity contribution in [2.75, 3.05) is 16.6 Å². The molecule has 2 aromatic carbocycles. The van der Waals surface area contributed by atoms with Gasteiger partial charge in [0.1, 0.15) is 0 Å². The Morgan fingerprint density at radius 2 is 1.95 bits per heavy atom. The van der Waals surface area contributed by atoms with E-state index in [0.717, 1.165) is 16.8 Å². The van der Waals surface area contributed by atoms with Gasteiger partial charge in [-0.1, -0.05) is 12.1 Å². The van der Waals surface area contributed by atoms with Crippen LogP contribution >= 0.6 is 0 Å². The summed E-state index contributed by atoms with van der Waals surface area (Å²) in [5.74, 6) is 0. The molecular formula is C15H16N2O2S. The minimum absolute atomic E-state index is 0.335. The third kappa shape index (κ3) is 2.04. The molecule has 0 spiro atoms. The summed E-state index contributed by atoms with van der Waals surface area (Å²) in [7, 11) is -3.49. The lowest BCUT2D eigenvalue weighted by molar-refractivity contribution is 0.592. The van der Waals surface area contributed by atoms with Crippen LogP contribution in [-0.4, -0.2) is 15.0 Å². The van der Waals surface area contributed by atoms with Crippen LogP contribution in [0.2, 0.25) is 0 Å². The first-order valence-electron chi connectivity index (χ1n) is 6.46. The molecule has 0 radical (unpaired) electrons. The quantitative estimate of drug-likeness (QED) is 0.863. The zero-order valence-electron chi connectivity index (χ0n) is 11.2. The Morgan fingerprint density at radius 3 is 2.70 bits per heavy atom. The third-order valence-electron chi connectivity index (χ3n) is 3.53. The molecule has 5 heteroatoms. The Labute approximate surface area is 118 Å². The molecular weight excluding hydrogens is 272 g/mol. The number of nitrogens with zero attached hydrogens (tertiary/aromatic N) is 1. The summed E-state index contributed by atoms with van der Waals surface area (Å²) in [4.78, 5) is 0.335. The van der Waals surface area contributed by atoms with E-state index in [1.54, 1.807) is 30.3 Å². The molecule has 2 aromatic rings. The summed E-state index contributed by atoms with van der Waals surface area (Å²) in [6.45, 7) is 2.35. The summed E-state index contributed by atoms with van der Waals surface area (Å²) in [6.07, 6.45) is 0.700. The Morgan fingerprint density at radius 1 is 1.15 bits per heavy atom. The van der Waals surface area contributed by atoms with E-state index < -0.39 is 10.0 Å². The molecule has 2 N–H and O–H groups in total. The lowest BCUT2D eigenvalue weighted by atomic mass is 10.1. The SMILES string of the molecule is Cc1cccc(S(=O)(=O)N2CCc3cc(N)ccc32)c1. The van der Waals surface area contributed by atoms with Crippen molar-refractivity contribution in [1.29, 1.82) is 0 Å². The third-order valence-corrected chi connectivity index (χ3v) is 5.34. The maximum atomic E-state index is 12.7. The number of nitrogen functional groups attached to an aromatic ring is 1. The van der Waals surface area contributed by atoms with E-state index in [1.807, 2.05) is 19.1 Å². The number of hydrogen-bond acceptors (Lipinski definition) is 3. The van der Waals surface area contributed by atoms with Crippen molar-refractivity contribution in [2.45, 2.75) is 18.2 Å². The van der Waals surface area contributed by atoms with Gasteiger partial charge in [-0.25, -0.2) is 8.42 Å². The fourth-order valence-corrected chi connectivity index (χ4v) is 4.15. The van der Waals surface area contributed by atoms with Crippen LogP contribution in [-0.2, 0) is 16.4 Å². The van der Waals surface area contributed by atoms with Gasteiger partial charge in [0.05, 0.1) is 10.6 Å². The Bertz CT molecular complexity index is 769. The molecule has 0 saturated carbocycles. The van der Waals surface area contributed by atoms with Crippen molar-refractivity contribution in [3.8, 4) is 0 Å². The molecule has 0 bridgehead atoms. The number of anilines is 2. The van der Waals surface area contributed by atoms with Crippen LogP contribution < -0.4 is 10.0 Å². The second-order valence-corrected chi connectivity index (χ2v) is 6.89. The van der Waals surface area contributed by atoms with Gasteiger partial charge in [-0.05, 0) is 54.8 Å². The fraction of sp³-hybridized carbons (Fsp3) is 0.200. The van der Waals surface area contributed by atoms with E-state index in [1.165, 1.54) is 4.31 Å². The van der Waals surface area contributed by atoms with Gasteiger partial charge in [0, 0.05) is 12.2 Å². The van der Waals surface area contributed by atoms with Crippen LogP contribution in [0.25, 0.3) is 0 Å². The van der Waals surface area contributed by atoms with Gasteiger partial charge in [-0.3, -0.25) is 4.31 Å². The van der Waals surface area contributed by atoms with Gasteiger partial charge >= 0.3 is 0 Å².